The Hall–Kier alpha value is -0.770. The van der Waals surface area contributed by atoms with E-state index in [1.165, 1.54) is 0 Å². The molecule has 0 aromatic carbocycles. The van der Waals surface area contributed by atoms with Crippen LogP contribution >= 0.6 is 0 Å². The van der Waals surface area contributed by atoms with E-state index in [1.807, 2.05) is 6.92 Å². The zero-order valence-corrected chi connectivity index (χ0v) is 5.22. The zero-order chi connectivity index (χ0) is 6.91. The lowest BCUT2D eigenvalue weighted by molar-refractivity contribution is 0.123. The summed E-state index contributed by atoms with van der Waals surface area (Å²) in [7, 11) is 0. The van der Waals surface area contributed by atoms with Crippen LogP contribution < -0.4 is 5.73 Å². The lowest BCUT2D eigenvalue weighted by atomic mass is 10.2. The number of nitrogens with two attached hydrogens (primary N) is 1. The highest BCUT2D eigenvalue weighted by Gasteiger charge is 2.40. The van der Waals surface area contributed by atoms with Crippen LogP contribution in [0.5, 0.6) is 0 Å². The zero-order valence-electron chi connectivity index (χ0n) is 5.22. The second kappa shape index (κ2) is 1.88. The quantitative estimate of drug-likeness (QED) is 0.531. The predicted octanol–water partition coefficient (Wildman–Crippen LogP) is -0.129. The Morgan fingerprint density at radius 2 is 2.56 bits per heavy atom. The molecule has 1 atom stereocenters. The fraction of sp³-hybridized carbons (Fsp3) is 0.800. The van der Waals surface area contributed by atoms with Crippen molar-refractivity contribution in [1.29, 1.82) is 0 Å². The number of epoxide rings is 1. The van der Waals surface area contributed by atoms with Crippen LogP contribution in [0, 0.1) is 0 Å². The average Bonchev–Trinajstić information content (AvgIpc) is 2.45. The summed E-state index contributed by atoms with van der Waals surface area (Å²) in [6, 6.07) is 0. The lowest BCUT2D eigenvalue weighted by Crippen LogP contribution is -2.22. The molecule has 52 valence electrons. The lowest BCUT2D eigenvalue weighted by Gasteiger charge is -2.02. The molecule has 0 spiro atoms. The molecular weight excluding hydrogens is 122 g/mol. The smallest absolute Gasteiger partial charge is 0.404 e. The van der Waals surface area contributed by atoms with E-state index in [0.29, 0.717) is 6.61 Å². The molecule has 1 aliphatic rings. The van der Waals surface area contributed by atoms with Crippen molar-refractivity contribution in [3.8, 4) is 0 Å². The third-order valence-electron chi connectivity index (χ3n) is 1.16. The third kappa shape index (κ3) is 1.89. The Balaban J connectivity index is 2.12. The van der Waals surface area contributed by atoms with Crippen LogP contribution in [0.2, 0.25) is 0 Å². The van der Waals surface area contributed by atoms with Gasteiger partial charge < -0.3 is 15.2 Å². The molecule has 1 fully saturated rings. The normalized spacial score (nSPS) is 31.7. The second-order valence-electron chi connectivity index (χ2n) is 2.35. The van der Waals surface area contributed by atoms with Crippen LogP contribution in [-0.4, -0.2) is 24.9 Å². The Morgan fingerprint density at radius 3 is 2.89 bits per heavy atom. The molecular formula is C5H9NO3. The van der Waals surface area contributed by atoms with Gasteiger partial charge in [-0.25, -0.2) is 4.79 Å². The average molecular weight is 131 g/mol. The molecule has 0 aromatic rings. The number of rotatable bonds is 2. The molecule has 1 heterocycles. The van der Waals surface area contributed by atoms with Gasteiger partial charge in [0.05, 0.1) is 6.61 Å². The van der Waals surface area contributed by atoms with Gasteiger partial charge in [-0.3, -0.25) is 0 Å². The van der Waals surface area contributed by atoms with Gasteiger partial charge in [-0.15, -0.1) is 0 Å². The van der Waals surface area contributed by atoms with Gasteiger partial charge in [-0.2, -0.15) is 0 Å². The summed E-state index contributed by atoms with van der Waals surface area (Å²) < 4.78 is 9.40. The number of hydrogen-bond donors (Lipinski definition) is 1. The summed E-state index contributed by atoms with van der Waals surface area (Å²) in [6.45, 7) is 2.78. The number of carbonyl (C=O) groups excluding carboxylic acids is 1. The van der Waals surface area contributed by atoms with Gasteiger partial charge in [0.15, 0.2) is 0 Å². The third-order valence-corrected chi connectivity index (χ3v) is 1.16. The summed E-state index contributed by atoms with van der Waals surface area (Å²) in [5.74, 6) is 0. The van der Waals surface area contributed by atoms with Crippen LogP contribution in [0.25, 0.3) is 0 Å². The van der Waals surface area contributed by atoms with E-state index in [-0.39, 0.29) is 12.2 Å². The maximum atomic E-state index is 10.0. The van der Waals surface area contributed by atoms with E-state index in [0.717, 1.165) is 0 Å². The first-order valence-corrected chi connectivity index (χ1v) is 2.69. The maximum Gasteiger partial charge on any atom is 0.404 e. The topological polar surface area (TPSA) is 64.8 Å². The van der Waals surface area contributed by atoms with Crippen LogP contribution in [0.4, 0.5) is 4.79 Å². The number of ether oxygens (including phenoxy) is 2. The number of amides is 1. The van der Waals surface area contributed by atoms with Gasteiger partial charge in [-0.1, -0.05) is 0 Å². The fourth-order valence-corrected chi connectivity index (χ4v) is 0.430. The van der Waals surface area contributed by atoms with Crippen molar-refractivity contribution in [3.05, 3.63) is 0 Å². The molecule has 0 aliphatic carbocycles. The maximum absolute atomic E-state index is 10.0. The highest BCUT2D eigenvalue weighted by molar-refractivity contribution is 5.64. The van der Waals surface area contributed by atoms with E-state index in [2.05, 4.69) is 4.74 Å². The number of carbonyl (C=O) groups is 1. The minimum atomic E-state index is -0.744. The van der Waals surface area contributed by atoms with E-state index < -0.39 is 6.09 Å². The first kappa shape index (κ1) is 6.35. The van der Waals surface area contributed by atoms with Crippen LogP contribution in [-0.2, 0) is 9.47 Å². The van der Waals surface area contributed by atoms with Crippen LogP contribution in [0.1, 0.15) is 6.92 Å². The summed E-state index contributed by atoms with van der Waals surface area (Å²) in [4.78, 5) is 10.0. The Bertz CT molecular complexity index is 130. The monoisotopic (exact) mass is 131 g/mol. The van der Waals surface area contributed by atoms with Crippen molar-refractivity contribution >= 4 is 6.09 Å². The van der Waals surface area contributed by atoms with Gasteiger partial charge >= 0.3 is 6.09 Å². The minimum absolute atomic E-state index is 0.241. The molecule has 4 heteroatoms. The molecule has 1 rings (SSSR count). The van der Waals surface area contributed by atoms with Gasteiger partial charge in [0.2, 0.25) is 0 Å². The highest BCUT2D eigenvalue weighted by Crippen LogP contribution is 2.25. The summed E-state index contributed by atoms with van der Waals surface area (Å²) in [5, 5.41) is 0. The van der Waals surface area contributed by atoms with Crippen molar-refractivity contribution in [1.82, 2.24) is 0 Å². The highest BCUT2D eigenvalue weighted by atomic mass is 16.6. The number of hydrogen-bond acceptors (Lipinski definition) is 3. The molecule has 1 amide bonds. The van der Waals surface area contributed by atoms with Gasteiger partial charge in [0.1, 0.15) is 12.2 Å². The molecule has 1 aliphatic heterocycles. The molecule has 4 nitrogen and oxygen atoms in total. The molecule has 0 radical (unpaired) electrons. The largest absolute Gasteiger partial charge is 0.447 e. The van der Waals surface area contributed by atoms with Crippen molar-refractivity contribution in [3.63, 3.8) is 0 Å². The van der Waals surface area contributed by atoms with Crippen molar-refractivity contribution in [2.45, 2.75) is 12.5 Å². The van der Waals surface area contributed by atoms with Gasteiger partial charge in [0, 0.05) is 0 Å². The SMILES string of the molecule is CC1(COC(N)=O)CO1. The first-order chi connectivity index (χ1) is 4.12. The molecule has 0 aromatic heterocycles. The second-order valence-corrected chi connectivity index (χ2v) is 2.35. The number of primary amides is 1. The van der Waals surface area contributed by atoms with E-state index in [1.54, 1.807) is 0 Å². The van der Waals surface area contributed by atoms with Crippen molar-refractivity contribution in [2.75, 3.05) is 13.2 Å². The van der Waals surface area contributed by atoms with Crippen LogP contribution in [0.3, 0.4) is 0 Å². The van der Waals surface area contributed by atoms with E-state index >= 15 is 0 Å². The van der Waals surface area contributed by atoms with Crippen LogP contribution in [0.15, 0.2) is 0 Å². The fourth-order valence-electron chi connectivity index (χ4n) is 0.430. The summed E-state index contributed by atoms with van der Waals surface area (Å²) in [5.41, 5.74) is 4.47. The van der Waals surface area contributed by atoms with E-state index in [4.69, 9.17) is 10.5 Å². The molecule has 1 unspecified atom stereocenters. The molecule has 0 bridgehead atoms. The summed E-state index contributed by atoms with van der Waals surface area (Å²) >= 11 is 0. The Labute approximate surface area is 52.9 Å². The predicted molar refractivity (Wildman–Crippen MR) is 29.9 cm³/mol. The standard InChI is InChI=1S/C5H9NO3/c1-5(3-9-5)2-8-4(6)7/h2-3H2,1H3,(H2,6,7). The van der Waals surface area contributed by atoms with Crippen molar-refractivity contribution in [2.24, 2.45) is 5.73 Å². The Morgan fingerprint density at radius 1 is 2.00 bits per heavy atom. The summed E-state index contributed by atoms with van der Waals surface area (Å²) in [6.07, 6.45) is -0.744. The minimum Gasteiger partial charge on any atom is -0.447 e. The van der Waals surface area contributed by atoms with Crippen molar-refractivity contribution < 1.29 is 14.3 Å². The first-order valence-electron chi connectivity index (χ1n) is 2.69. The van der Waals surface area contributed by atoms with Gasteiger partial charge in [-0.05, 0) is 6.92 Å². The van der Waals surface area contributed by atoms with E-state index in [9.17, 15) is 4.79 Å². The Kier molecular flexibility index (Phi) is 1.32. The van der Waals surface area contributed by atoms with Gasteiger partial charge in [0.25, 0.3) is 0 Å². The molecule has 0 saturated carbocycles. The molecule has 2 N–H and O–H groups in total. The molecule has 9 heavy (non-hydrogen) atoms. The molecule has 1 saturated heterocycles.